The molecule has 230 valence electrons. The smallest absolute Gasteiger partial charge is 0.172 e. The largest absolute Gasteiger partial charge is 0.309 e. The molecule has 10 rings (SSSR count). The molecule has 2 nitrogen and oxygen atoms in total. The Morgan fingerprint density at radius 2 is 1.04 bits per heavy atom. The van der Waals surface area contributed by atoms with Crippen LogP contribution in [0.3, 0.4) is 0 Å². The van der Waals surface area contributed by atoms with Crippen molar-refractivity contribution in [3.8, 4) is 39.1 Å². The maximum absolute atomic E-state index is 15.3. The molecule has 0 bridgehead atoms. The first-order valence-electron chi connectivity index (χ1n) is 16.7. The van der Waals surface area contributed by atoms with E-state index in [0.717, 1.165) is 43.8 Å². The van der Waals surface area contributed by atoms with Crippen LogP contribution in [0.25, 0.3) is 71.6 Å². The lowest BCUT2D eigenvalue weighted by atomic mass is 9.98. The topological polar surface area (TPSA) is 22.0 Å². The number of hydrogen-bond donors (Lipinski definition) is 0. The summed E-state index contributed by atoms with van der Waals surface area (Å²) in [4.78, 5) is 0. The van der Waals surface area contributed by atoms with Crippen molar-refractivity contribution in [3.63, 3.8) is 0 Å². The average Bonchev–Trinajstić information content (AvgIpc) is 3.65. The molecule has 0 aliphatic carbocycles. The quantitative estimate of drug-likeness (QED) is 0.175. The Hall–Kier alpha value is -5.95. The van der Waals surface area contributed by atoms with Crippen LogP contribution in [0.5, 0.6) is 0 Å². The molecule has 1 aliphatic heterocycles. The average molecular weight is 644 g/mol. The van der Waals surface area contributed by atoms with Gasteiger partial charge in [-0.15, -0.1) is 0 Å². The highest BCUT2D eigenvalue weighted by atomic mass is 31.2. The summed E-state index contributed by atoms with van der Waals surface area (Å²) >= 11 is 0. The highest BCUT2D eigenvalue weighted by molar-refractivity contribution is 7.86. The van der Waals surface area contributed by atoms with Crippen molar-refractivity contribution in [2.45, 2.75) is 0 Å². The normalized spacial score (nSPS) is 15.1. The van der Waals surface area contributed by atoms with Gasteiger partial charge in [-0.2, -0.15) is 0 Å². The maximum Gasteiger partial charge on any atom is 0.172 e. The predicted octanol–water partition coefficient (Wildman–Crippen LogP) is 10.9. The van der Waals surface area contributed by atoms with Gasteiger partial charge in [0.05, 0.1) is 11.0 Å². The molecule has 0 N–H and O–H groups in total. The highest BCUT2D eigenvalue weighted by Gasteiger charge is 2.41. The number of para-hydroxylation sites is 1. The Bertz CT molecular complexity index is 2780. The van der Waals surface area contributed by atoms with Crippen LogP contribution in [-0.4, -0.2) is 4.57 Å². The lowest BCUT2D eigenvalue weighted by molar-refractivity contribution is 0.593. The van der Waals surface area contributed by atoms with Gasteiger partial charge in [-0.25, -0.2) is 0 Å². The van der Waals surface area contributed by atoms with E-state index < -0.39 is 7.14 Å². The van der Waals surface area contributed by atoms with Crippen LogP contribution in [0, 0.1) is 0 Å². The molecule has 2 heterocycles. The van der Waals surface area contributed by atoms with E-state index in [1.54, 1.807) is 0 Å². The number of hydrogen-bond acceptors (Lipinski definition) is 1. The second-order valence-corrected chi connectivity index (χ2v) is 15.6. The minimum Gasteiger partial charge on any atom is -0.309 e. The van der Waals surface area contributed by atoms with Crippen LogP contribution in [0.4, 0.5) is 0 Å². The van der Waals surface area contributed by atoms with Gasteiger partial charge in [-0.1, -0.05) is 152 Å². The van der Waals surface area contributed by atoms with Gasteiger partial charge in [-0.3, -0.25) is 0 Å². The second kappa shape index (κ2) is 10.8. The third-order valence-corrected chi connectivity index (χ3v) is 13.4. The molecule has 1 aliphatic rings. The summed E-state index contributed by atoms with van der Waals surface area (Å²) in [7, 11) is -3.06. The monoisotopic (exact) mass is 643 g/mol. The summed E-state index contributed by atoms with van der Waals surface area (Å²) in [6.45, 7) is 0. The molecular formula is C46H30NOP. The molecule has 9 aromatic rings. The van der Waals surface area contributed by atoms with Gasteiger partial charge in [0.25, 0.3) is 0 Å². The third-order valence-electron chi connectivity index (χ3n) is 10.2. The molecule has 0 radical (unpaired) electrons. The zero-order chi connectivity index (χ0) is 32.5. The Morgan fingerprint density at radius 3 is 1.84 bits per heavy atom. The van der Waals surface area contributed by atoms with Gasteiger partial charge in [0.15, 0.2) is 7.14 Å². The fourth-order valence-electron chi connectivity index (χ4n) is 7.88. The number of aromatic nitrogens is 1. The Labute approximate surface area is 284 Å². The Balaban J connectivity index is 1.11. The van der Waals surface area contributed by atoms with E-state index in [-0.39, 0.29) is 0 Å². The van der Waals surface area contributed by atoms with Crippen molar-refractivity contribution in [1.82, 2.24) is 4.57 Å². The van der Waals surface area contributed by atoms with Crippen molar-refractivity contribution >= 4 is 55.6 Å². The van der Waals surface area contributed by atoms with E-state index in [0.29, 0.717) is 0 Å². The van der Waals surface area contributed by atoms with Crippen molar-refractivity contribution in [2.75, 3.05) is 0 Å². The summed E-state index contributed by atoms with van der Waals surface area (Å²) in [6.07, 6.45) is 0. The van der Waals surface area contributed by atoms with Gasteiger partial charge >= 0.3 is 0 Å². The van der Waals surface area contributed by atoms with Crippen molar-refractivity contribution < 1.29 is 4.57 Å². The minimum atomic E-state index is -3.06. The molecule has 49 heavy (non-hydrogen) atoms. The summed E-state index contributed by atoms with van der Waals surface area (Å²) in [5, 5.41) is 7.57. The van der Waals surface area contributed by atoms with E-state index in [2.05, 4.69) is 150 Å². The first-order valence-corrected chi connectivity index (χ1v) is 18.4. The molecule has 0 saturated heterocycles. The lowest BCUT2D eigenvalue weighted by Gasteiger charge is -2.16. The van der Waals surface area contributed by atoms with Crippen molar-refractivity contribution in [1.29, 1.82) is 0 Å². The number of benzene rings is 8. The van der Waals surface area contributed by atoms with Crippen LogP contribution in [0.2, 0.25) is 0 Å². The van der Waals surface area contributed by atoms with Crippen LogP contribution >= 0.6 is 7.14 Å². The fourth-order valence-corrected chi connectivity index (χ4v) is 10.9. The SMILES string of the molecule is O=P1(c2ccccc2)c2ccccc2-c2c1ccc1c3ccccc3n(-c3ccc(-c4ccc(-c5ccc6ccccc6c5)cc4)cc3)c21. The zero-order valence-corrected chi connectivity index (χ0v) is 27.5. The van der Waals surface area contributed by atoms with Gasteiger partial charge in [-0.05, 0) is 68.9 Å². The summed E-state index contributed by atoms with van der Waals surface area (Å²) < 4.78 is 17.7. The standard InChI is InChI=1S/C46H30NOP/c48-49(38-12-2-1-3-13-38)43-17-9-7-15-41(43)45-44(49)29-28-40-39-14-6-8-16-42(39)47(46(40)45)37-26-24-33(25-27-37)32-18-20-34(21-19-32)36-23-22-31-10-4-5-11-35(31)30-36/h1-30H. The van der Waals surface area contributed by atoms with Crippen LogP contribution in [0.15, 0.2) is 182 Å². The molecule has 0 fully saturated rings. The van der Waals surface area contributed by atoms with Gasteiger partial charge in [0.1, 0.15) is 0 Å². The predicted molar refractivity (Wildman–Crippen MR) is 208 cm³/mol. The van der Waals surface area contributed by atoms with E-state index in [9.17, 15) is 0 Å². The molecule has 0 spiro atoms. The molecule has 1 unspecified atom stereocenters. The Kier molecular flexibility index (Phi) is 6.19. The number of rotatable bonds is 4. The summed E-state index contributed by atoms with van der Waals surface area (Å²) in [5.41, 5.74) is 10.2. The third kappa shape index (κ3) is 4.18. The Morgan fingerprint density at radius 1 is 0.429 bits per heavy atom. The zero-order valence-electron chi connectivity index (χ0n) is 26.6. The first-order chi connectivity index (χ1) is 24.2. The van der Waals surface area contributed by atoms with E-state index in [1.807, 2.05) is 36.4 Å². The molecule has 1 aromatic heterocycles. The van der Waals surface area contributed by atoms with Crippen molar-refractivity contribution in [2.24, 2.45) is 0 Å². The van der Waals surface area contributed by atoms with E-state index >= 15 is 4.57 Å². The second-order valence-electron chi connectivity index (χ2n) is 12.9. The van der Waals surface area contributed by atoms with E-state index in [4.69, 9.17) is 0 Å². The summed E-state index contributed by atoms with van der Waals surface area (Å²) in [6, 6.07) is 64.0. The minimum absolute atomic E-state index is 0.874. The highest BCUT2D eigenvalue weighted by Crippen LogP contribution is 2.54. The number of fused-ring (bicyclic) bond motifs is 8. The molecule has 0 saturated carbocycles. The molecule has 3 heteroatoms. The molecule has 1 atom stereocenters. The van der Waals surface area contributed by atoms with Gasteiger partial charge in [0.2, 0.25) is 0 Å². The lowest BCUT2D eigenvalue weighted by Crippen LogP contribution is -2.20. The first kappa shape index (κ1) is 28.1. The van der Waals surface area contributed by atoms with Gasteiger partial charge < -0.3 is 9.13 Å². The van der Waals surface area contributed by atoms with Crippen LogP contribution in [0.1, 0.15) is 0 Å². The van der Waals surface area contributed by atoms with Gasteiger partial charge in [0, 0.05) is 37.9 Å². The molecular weight excluding hydrogens is 613 g/mol. The van der Waals surface area contributed by atoms with Crippen LogP contribution < -0.4 is 15.9 Å². The number of nitrogens with zero attached hydrogens (tertiary/aromatic N) is 1. The van der Waals surface area contributed by atoms with E-state index in [1.165, 1.54) is 43.8 Å². The van der Waals surface area contributed by atoms with Crippen molar-refractivity contribution in [3.05, 3.63) is 182 Å². The molecule has 8 aromatic carbocycles. The molecule has 0 amide bonds. The fraction of sp³-hybridized carbons (Fsp3) is 0. The van der Waals surface area contributed by atoms with Crippen LogP contribution in [-0.2, 0) is 4.57 Å². The summed E-state index contributed by atoms with van der Waals surface area (Å²) in [5.74, 6) is 0. The maximum atomic E-state index is 15.3.